The highest BCUT2D eigenvalue weighted by molar-refractivity contribution is 6.03. The number of amides is 1. The van der Waals surface area contributed by atoms with Gasteiger partial charge >= 0.3 is 0 Å². The minimum atomic E-state index is -0.313. The first kappa shape index (κ1) is 18.9. The van der Waals surface area contributed by atoms with E-state index in [9.17, 15) is 9.59 Å². The molecule has 28 heavy (non-hydrogen) atoms. The fourth-order valence-corrected chi connectivity index (χ4v) is 4.25. The number of hydrogen-bond acceptors (Lipinski definition) is 6. The molecule has 0 fully saturated rings. The molecule has 0 spiro atoms. The lowest BCUT2D eigenvalue weighted by Gasteiger charge is -2.27. The van der Waals surface area contributed by atoms with Gasteiger partial charge in [-0.1, -0.05) is 13.8 Å². The van der Waals surface area contributed by atoms with Crippen LogP contribution in [0.5, 0.6) is 0 Å². The first-order valence-corrected chi connectivity index (χ1v) is 9.68. The predicted molar refractivity (Wildman–Crippen MR) is 100 cm³/mol. The van der Waals surface area contributed by atoms with Gasteiger partial charge in [-0.15, -0.1) is 0 Å². The average molecular weight is 386 g/mol. The molecule has 1 atom stereocenters. The molecule has 0 radical (unpaired) electrons. The maximum absolute atomic E-state index is 13.0. The van der Waals surface area contributed by atoms with E-state index in [4.69, 9.17) is 9.15 Å². The summed E-state index contributed by atoms with van der Waals surface area (Å²) >= 11 is 0. The van der Waals surface area contributed by atoms with Crippen molar-refractivity contribution in [1.82, 2.24) is 20.1 Å². The zero-order valence-electron chi connectivity index (χ0n) is 16.8. The van der Waals surface area contributed by atoms with Crippen LogP contribution < -0.4 is 5.32 Å². The number of ether oxygens (including phenoxy) is 1. The molecular weight excluding hydrogens is 360 g/mol. The molecule has 1 aliphatic heterocycles. The maximum atomic E-state index is 13.0. The van der Waals surface area contributed by atoms with Crippen molar-refractivity contribution < 1.29 is 18.7 Å². The van der Waals surface area contributed by atoms with Gasteiger partial charge in [0.1, 0.15) is 18.2 Å². The normalized spacial score (nSPS) is 20.6. The number of furan rings is 1. The molecule has 150 valence electrons. The summed E-state index contributed by atoms with van der Waals surface area (Å²) in [6.45, 7) is 6.97. The molecule has 0 bridgehead atoms. The molecule has 1 amide bonds. The summed E-state index contributed by atoms with van der Waals surface area (Å²) in [4.78, 5) is 30.0. The summed E-state index contributed by atoms with van der Waals surface area (Å²) in [5.41, 5.74) is 1.06. The van der Waals surface area contributed by atoms with Crippen molar-refractivity contribution in [2.45, 2.75) is 65.6 Å². The van der Waals surface area contributed by atoms with Crippen LogP contribution in [0, 0.1) is 12.3 Å². The predicted octanol–water partition coefficient (Wildman–Crippen LogP) is 2.75. The molecule has 2 aromatic heterocycles. The second-order valence-corrected chi connectivity index (χ2v) is 8.51. The van der Waals surface area contributed by atoms with Crippen LogP contribution in [0.1, 0.15) is 83.0 Å². The molecule has 2 aromatic rings. The molecule has 3 heterocycles. The van der Waals surface area contributed by atoms with E-state index >= 15 is 0 Å². The van der Waals surface area contributed by atoms with Crippen molar-refractivity contribution in [3.05, 3.63) is 34.3 Å². The number of ketones is 1. The monoisotopic (exact) mass is 386 g/mol. The number of aromatic nitrogens is 3. The van der Waals surface area contributed by atoms with Gasteiger partial charge in [0.2, 0.25) is 0 Å². The first-order chi connectivity index (χ1) is 13.3. The van der Waals surface area contributed by atoms with Crippen molar-refractivity contribution in [2.75, 3.05) is 7.11 Å². The topological polar surface area (TPSA) is 99.2 Å². The van der Waals surface area contributed by atoms with Crippen LogP contribution in [0.2, 0.25) is 0 Å². The van der Waals surface area contributed by atoms with Crippen molar-refractivity contribution in [1.29, 1.82) is 0 Å². The van der Waals surface area contributed by atoms with Crippen molar-refractivity contribution in [3.63, 3.8) is 0 Å². The molecule has 0 unspecified atom stereocenters. The first-order valence-electron chi connectivity index (χ1n) is 9.68. The highest BCUT2D eigenvalue weighted by Gasteiger charge is 2.37. The number of methoxy groups -OCH3 is 1. The third kappa shape index (κ3) is 3.26. The van der Waals surface area contributed by atoms with Crippen LogP contribution in [0.3, 0.4) is 0 Å². The van der Waals surface area contributed by atoms with Crippen LogP contribution in [0.25, 0.3) is 0 Å². The minimum Gasteiger partial charge on any atom is -0.455 e. The van der Waals surface area contributed by atoms with Gasteiger partial charge in [0.05, 0.1) is 11.6 Å². The Hall–Kier alpha value is -2.48. The number of hydrogen-bond donors (Lipinski definition) is 1. The summed E-state index contributed by atoms with van der Waals surface area (Å²) in [7, 11) is 1.60. The summed E-state index contributed by atoms with van der Waals surface area (Å²) in [6.07, 6.45) is 2.80. The molecule has 8 nitrogen and oxygen atoms in total. The van der Waals surface area contributed by atoms with E-state index in [0.717, 1.165) is 25.2 Å². The molecular formula is C20H26N4O4. The van der Waals surface area contributed by atoms with Crippen molar-refractivity contribution in [2.24, 2.45) is 5.41 Å². The molecule has 8 heteroatoms. The van der Waals surface area contributed by atoms with Gasteiger partial charge < -0.3 is 14.5 Å². The molecule has 0 saturated carbocycles. The van der Waals surface area contributed by atoms with E-state index < -0.39 is 0 Å². The lowest BCUT2D eigenvalue weighted by atomic mass is 9.76. The number of carbonyl (C=O) groups is 2. The van der Waals surface area contributed by atoms with E-state index in [1.165, 1.54) is 0 Å². The smallest absolute Gasteiger partial charge is 0.287 e. The third-order valence-electron chi connectivity index (χ3n) is 5.48. The zero-order valence-corrected chi connectivity index (χ0v) is 16.8. The number of carbonyl (C=O) groups excluding carboxylic acids is 2. The van der Waals surface area contributed by atoms with E-state index in [1.807, 2.05) is 18.5 Å². The lowest BCUT2D eigenvalue weighted by Crippen LogP contribution is -2.33. The summed E-state index contributed by atoms with van der Waals surface area (Å²) in [5.74, 6) is 1.93. The van der Waals surface area contributed by atoms with E-state index in [1.54, 1.807) is 14.0 Å². The Morgan fingerprint density at radius 1 is 1.39 bits per heavy atom. The molecule has 0 saturated heterocycles. The quantitative estimate of drug-likeness (QED) is 0.867. The number of aryl methyl sites for hydroxylation is 1. The fraction of sp³-hybridized carbons (Fsp3) is 0.600. The number of nitrogens with zero attached hydrogens (tertiary/aromatic N) is 3. The van der Waals surface area contributed by atoms with Gasteiger partial charge in [-0.05, 0) is 25.2 Å². The number of nitrogens with one attached hydrogen (secondary N) is 1. The van der Waals surface area contributed by atoms with Crippen LogP contribution in [0.4, 0.5) is 0 Å². The molecule has 0 aromatic carbocycles. The number of fused-ring (bicyclic) bond motifs is 2. The number of Topliss-reactive ketones (excluding diaryl/α,β-unsaturated/α-hetero) is 1. The Morgan fingerprint density at radius 3 is 2.93 bits per heavy atom. The van der Waals surface area contributed by atoms with Gasteiger partial charge in [0, 0.05) is 32.1 Å². The Morgan fingerprint density at radius 2 is 2.18 bits per heavy atom. The Labute approximate surface area is 163 Å². The fourth-order valence-electron chi connectivity index (χ4n) is 4.25. The molecule has 2 aliphatic rings. The van der Waals surface area contributed by atoms with Gasteiger partial charge in [-0.3, -0.25) is 9.59 Å². The lowest BCUT2D eigenvalue weighted by molar-refractivity contribution is 0.0877. The van der Waals surface area contributed by atoms with Gasteiger partial charge in [0.25, 0.3) is 5.91 Å². The van der Waals surface area contributed by atoms with Crippen LogP contribution in [-0.4, -0.2) is 33.6 Å². The Bertz CT molecular complexity index is 940. The Balaban J connectivity index is 1.59. The average Bonchev–Trinajstić information content (AvgIpc) is 3.15. The van der Waals surface area contributed by atoms with Crippen molar-refractivity contribution >= 4 is 11.7 Å². The zero-order chi connectivity index (χ0) is 20.1. The SMILES string of the molecule is COCc1nc2n(n1)CCC[C@@H]2NC(=O)c1oc2c(c1C)C(=O)CC(C)(C)C2. The highest BCUT2D eigenvalue weighted by Crippen LogP contribution is 2.38. The second kappa shape index (κ2) is 6.84. The standard InChI is InChI=1S/C20H26N4O4/c1-11-16-13(25)8-20(2,3)9-14(16)28-17(11)19(26)21-12-6-5-7-24-18(12)22-15(23-24)10-27-4/h12H,5-10H2,1-4H3,(H,21,26)/t12-/m0/s1. The summed E-state index contributed by atoms with van der Waals surface area (Å²) in [5, 5.41) is 7.45. The van der Waals surface area contributed by atoms with Gasteiger partial charge in [-0.2, -0.15) is 5.10 Å². The van der Waals surface area contributed by atoms with E-state index in [-0.39, 0.29) is 28.9 Å². The molecule has 1 aliphatic carbocycles. The summed E-state index contributed by atoms with van der Waals surface area (Å²) in [6, 6.07) is -0.243. The molecule has 4 rings (SSSR count). The van der Waals surface area contributed by atoms with Crippen molar-refractivity contribution in [3.8, 4) is 0 Å². The molecule has 1 N–H and O–H groups in total. The van der Waals surface area contributed by atoms with Crippen LogP contribution >= 0.6 is 0 Å². The van der Waals surface area contributed by atoms with E-state index in [2.05, 4.69) is 15.4 Å². The minimum absolute atomic E-state index is 0.0492. The highest BCUT2D eigenvalue weighted by atomic mass is 16.5. The van der Waals surface area contributed by atoms with Crippen LogP contribution in [-0.2, 0) is 24.3 Å². The second-order valence-electron chi connectivity index (χ2n) is 8.51. The number of rotatable bonds is 4. The third-order valence-corrected chi connectivity index (χ3v) is 5.48. The summed E-state index contributed by atoms with van der Waals surface area (Å²) < 4.78 is 12.8. The largest absolute Gasteiger partial charge is 0.455 e. The van der Waals surface area contributed by atoms with Gasteiger partial charge in [0.15, 0.2) is 17.4 Å². The Kier molecular flexibility index (Phi) is 4.61. The van der Waals surface area contributed by atoms with E-state index in [0.29, 0.717) is 42.2 Å². The maximum Gasteiger partial charge on any atom is 0.287 e. The van der Waals surface area contributed by atoms with Crippen LogP contribution in [0.15, 0.2) is 4.42 Å². The van der Waals surface area contributed by atoms with Gasteiger partial charge in [-0.25, -0.2) is 9.67 Å².